The fourth-order valence-corrected chi connectivity index (χ4v) is 0.447. The Labute approximate surface area is 54.3 Å². The lowest BCUT2D eigenvalue weighted by Crippen LogP contribution is -2.01. The summed E-state index contributed by atoms with van der Waals surface area (Å²) in [7, 11) is -4.17. The normalized spacial score (nSPS) is 9.11. The smallest absolute Gasteiger partial charge is 0.344 e. The maximum Gasteiger partial charge on any atom is 0.397 e. The fraction of sp³-hybridized carbons (Fsp3) is 1.00. The highest BCUT2D eigenvalue weighted by Gasteiger charge is 1.98. The van der Waals surface area contributed by atoms with Gasteiger partial charge in [0, 0.05) is 0 Å². The maximum atomic E-state index is 9.56. The quantitative estimate of drug-likeness (QED) is 0.492. The zero-order valence-corrected chi connectivity index (χ0v) is 6.02. The van der Waals surface area contributed by atoms with E-state index in [1.807, 2.05) is 0 Å². The third-order valence-corrected chi connectivity index (χ3v) is 0.800. The molecule has 0 aliphatic rings. The second-order valence-corrected chi connectivity index (χ2v) is 1.93. The van der Waals surface area contributed by atoms with Crippen molar-refractivity contribution in [1.29, 1.82) is 0 Å². The fourth-order valence-electron chi connectivity index (χ4n) is 0.149. The topological polar surface area (TPSA) is 134 Å². The van der Waals surface area contributed by atoms with Crippen molar-refractivity contribution < 1.29 is 17.2 Å². The molecule has 0 aromatic rings. The Bertz CT molecular complexity index is 130. The molecule has 0 unspecified atom stereocenters. The van der Waals surface area contributed by atoms with Crippen molar-refractivity contribution in [3.05, 3.63) is 0 Å². The molecule has 0 atom stereocenters. The van der Waals surface area contributed by atoms with Crippen LogP contribution < -0.4 is 12.3 Å². The molecule has 0 aromatic heterocycles. The van der Waals surface area contributed by atoms with E-state index >= 15 is 0 Å². The summed E-state index contributed by atoms with van der Waals surface area (Å²) in [4.78, 5) is 0. The summed E-state index contributed by atoms with van der Waals surface area (Å²) >= 11 is 0. The van der Waals surface area contributed by atoms with E-state index in [-0.39, 0.29) is 18.9 Å². The van der Waals surface area contributed by atoms with Crippen molar-refractivity contribution in [3.63, 3.8) is 0 Å². The molecule has 0 aromatic carbocycles. The van der Waals surface area contributed by atoms with Crippen LogP contribution in [0.4, 0.5) is 0 Å². The van der Waals surface area contributed by atoms with Gasteiger partial charge in [-0.15, -0.1) is 0 Å². The van der Waals surface area contributed by atoms with Crippen molar-refractivity contribution in [2.45, 2.75) is 6.92 Å². The lowest BCUT2D eigenvalue weighted by Gasteiger charge is -1.88. The summed E-state index contributed by atoms with van der Waals surface area (Å²) < 4.78 is 30.7. The van der Waals surface area contributed by atoms with Gasteiger partial charge >= 0.3 is 10.4 Å². The molecule has 60 valence electrons. The zero-order chi connectivity index (χ0) is 5.91. The monoisotopic (exact) mass is 160 g/mol. The van der Waals surface area contributed by atoms with Crippen LogP contribution in [0, 0.1) is 0 Å². The van der Waals surface area contributed by atoms with Gasteiger partial charge in [-0.3, -0.25) is 4.55 Å². The molecule has 9 heavy (non-hydrogen) atoms. The van der Waals surface area contributed by atoms with Gasteiger partial charge in [0.1, 0.15) is 0 Å². The third-order valence-electron chi connectivity index (χ3n) is 0.267. The largest absolute Gasteiger partial charge is 0.397 e. The molecule has 7 N–H and O–H groups in total. The molecule has 0 aliphatic carbocycles. The van der Waals surface area contributed by atoms with E-state index in [1.54, 1.807) is 0 Å². The minimum Gasteiger partial charge on any atom is -0.344 e. The maximum absolute atomic E-state index is 9.56. The second kappa shape index (κ2) is 5.92. The van der Waals surface area contributed by atoms with Crippen molar-refractivity contribution in [2.24, 2.45) is 0 Å². The van der Waals surface area contributed by atoms with Crippen LogP contribution in [0.15, 0.2) is 0 Å². The Kier molecular flexibility index (Phi) is 10.5. The molecular formula is C2H12N2O4S. The predicted octanol–water partition coefficient (Wildman–Crippen LogP) is 0.150. The summed E-state index contributed by atoms with van der Waals surface area (Å²) in [5.41, 5.74) is 0. The minimum atomic E-state index is -4.17. The van der Waals surface area contributed by atoms with Gasteiger partial charge in [-0.1, -0.05) is 0 Å². The van der Waals surface area contributed by atoms with Gasteiger partial charge in [-0.25, -0.2) is 4.18 Å². The number of hydrogen-bond acceptors (Lipinski definition) is 5. The van der Waals surface area contributed by atoms with Crippen LogP contribution >= 0.6 is 0 Å². The second-order valence-electron chi connectivity index (χ2n) is 0.834. The molecule has 0 aliphatic heterocycles. The first kappa shape index (κ1) is 15.9. The van der Waals surface area contributed by atoms with E-state index in [0.717, 1.165) is 0 Å². The molecule has 0 spiro atoms. The molecule has 0 heterocycles. The van der Waals surface area contributed by atoms with E-state index < -0.39 is 10.4 Å². The van der Waals surface area contributed by atoms with Crippen LogP contribution in [0.25, 0.3) is 0 Å². The van der Waals surface area contributed by atoms with Crippen molar-refractivity contribution in [1.82, 2.24) is 12.3 Å². The number of hydrogen-bond donors (Lipinski definition) is 3. The highest BCUT2D eigenvalue weighted by molar-refractivity contribution is 7.80. The minimum absolute atomic E-state index is 0. The van der Waals surface area contributed by atoms with Gasteiger partial charge in [0.2, 0.25) is 0 Å². The van der Waals surface area contributed by atoms with Gasteiger partial charge in [-0.2, -0.15) is 8.42 Å². The average molecular weight is 160 g/mol. The van der Waals surface area contributed by atoms with E-state index in [2.05, 4.69) is 4.18 Å². The molecule has 0 amide bonds. The molecule has 0 saturated heterocycles. The lowest BCUT2D eigenvalue weighted by molar-refractivity contribution is 0.283. The van der Waals surface area contributed by atoms with E-state index in [0.29, 0.717) is 0 Å². The molecule has 0 saturated carbocycles. The van der Waals surface area contributed by atoms with Crippen LogP contribution in [0.2, 0.25) is 0 Å². The molecule has 0 fully saturated rings. The summed E-state index contributed by atoms with van der Waals surface area (Å²) in [6.07, 6.45) is 0. The molecule has 0 rings (SSSR count). The summed E-state index contributed by atoms with van der Waals surface area (Å²) in [6, 6.07) is 0. The van der Waals surface area contributed by atoms with Gasteiger partial charge in [0.15, 0.2) is 0 Å². The Morgan fingerprint density at radius 2 is 1.78 bits per heavy atom. The molecule has 7 heteroatoms. The van der Waals surface area contributed by atoms with Gasteiger partial charge < -0.3 is 12.3 Å². The molecular weight excluding hydrogens is 148 g/mol. The Morgan fingerprint density at radius 3 is 1.78 bits per heavy atom. The average Bonchev–Trinajstić information content (AvgIpc) is 1.30. The SMILES string of the molecule is CCOS(=O)(=O)O.N.N. The van der Waals surface area contributed by atoms with Crippen LogP contribution in [0.5, 0.6) is 0 Å². The predicted molar refractivity (Wildman–Crippen MR) is 33.2 cm³/mol. The molecule has 0 radical (unpaired) electrons. The Balaban J connectivity index is -0.000000180. The summed E-state index contributed by atoms with van der Waals surface area (Å²) in [6.45, 7) is 1.44. The van der Waals surface area contributed by atoms with Crippen LogP contribution in [-0.2, 0) is 14.6 Å². The zero-order valence-electron chi connectivity index (χ0n) is 5.20. The Morgan fingerprint density at radius 1 is 1.44 bits per heavy atom. The number of rotatable bonds is 2. The van der Waals surface area contributed by atoms with E-state index in [9.17, 15) is 8.42 Å². The standard InChI is InChI=1S/C2H6O4S.2H3N/c1-2-6-7(3,4)5;;/h2H2,1H3,(H,3,4,5);2*1H3. The highest BCUT2D eigenvalue weighted by Crippen LogP contribution is 1.81. The molecule has 6 nitrogen and oxygen atoms in total. The van der Waals surface area contributed by atoms with E-state index in [4.69, 9.17) is 4.55 Å². The summed E-state index contributed by atoms with van der Waals surface area (Å²) in [5.74, 6) is 0. The highest BCUT2D eigenvalue weighted by atomic mass is 32.3. The summed E-state index contributed by atoms with van der Waals surface area (Å²) in [5, 5.41) is 0. The van der Waals surface area contributed by atoms with Gasteiger partial charge in [-0.05, 0) is 6.92 Å². The lowest BCUT2D eigenvalue weighted by atomic mass is 10.9. The van der Waals surface area contributed by atoms with Gasteiger partial charge in [0.05, 0.1) is 6.61 Å². The first-order valence-corrected chi connectivity index (χ1v) is 3.04. The van der Waals surface area contributed by atoms with Crippen molar-refractivity contribution in [3.8, 4) is 0 Å². The van der Waals surface area contributed by atoms with Crippen molar-refractivity contribution in [2.75, 3.05) is 6.61 Å². The molecule has 0 bridgehead atoms. The van der Waals surface area contributed by atoms with Crippen LogP contribution in [-0.4, -0.2) is 19.6 Å². The van der Waals surface area contributed by atoms with Gasteiger partial charge in [0.25, 0.3) is 0 Å². The Hall–Kier alpha value is -0.210. The van der Waals surface area contributed by atoms with Crippen LogP contribution in [0.3, 0.4) is 0 Å². The third kappa shape index (κ3) is 18.2. The van der Waals surface area contributed by atoms with E-state index in [1.165, 1.54) is 6.92 Å². The van der Waals surface area contributed by atoms with Crippen molar-refractivity contribution >= 4 is 10.4 Å². The van der Waals surface area contributed by atoms with Crippen LogP contribution in [0.1, 0.15) is 6.92 Å². The first-order chi connectivity index (χ1) is 3.06. The first-order valence-electron chi connectivity index (χ1n) is 1.68.